The van der Waals surface area contributed by atoms with Crippen molar-refractivity contribution in [3.63, 3.8) is 0 Å². The Kier molecular flexibility index (Phi) is 30.6. The van der Waals surface area contributed by atoms with Crippen LogP contribution >= 0.6 is 0 Å². The summed E-state index contributed by atoms with van der Waals surface area (Å²) in [6.45, 7) is 8.56. The minimum Gasteiger partial charge on any atom is -0.481 e. The van der Waals surface area contributed by atoms with E-state index in [2.05, 4.69) is 11.5 Å². The maximum absolute atomic E-state index is 9.00. The summed E-state index contributed by atoms with van der Waals surface area (Å²) < 4.78 is 2.38. The van der Waals surface area contributed by atoms with Gasteiger partial charge in [0.1, 0.15) is 0 Å². The molecule has 0 rings (SSSR count). The molecule has 5 N–H and O–H groups in total. The quantitative estimate of drug-likeness (QED) is 0.495. The SMILES string of the molecule is CC(=O)O.CC(=O)O.CC(=O)O.CCCN([SiH3])CCN. The molecule has 0 bridgehead atoms. The lowest BCUT2D eigenvalue weighted by atomic mass is 10.5. The lowest BCUT2D eigenvalue weighted by Gasteiger charge is -2.12. The van der Waals surface area contributed by atoms with Crippen LogP contribution in [0.2, 0.25) is 0 Å². The Bertz CT molecular complexity index is 205. The number of hydrogen-bond donors (Lipinski definition) is 4. The van der Waals surface area contributed by atoms with E-state index >= 15 is 0 Å². The molecule has 0 unspecified atom stereocenters. The molecule has 0 aromatic carbocycles. The number of nitrogens with two attached hydrogens (primary N) is 1. The summed E-state index contributed by atoms with van der Waals surface area (Å²) in [4.78, 5) is 27.0. The Balaban J connectivity index is -0.0000000917. The lowest BCUT2D eigenvalue weighted by molar-refractivity contribution is -0.135. The average molecular weight is 312 g/mol. The molecular formula is C11H28N2O6Si. The summed E-state index contributed by atoms with van der Waals surface area (Å²) >= 11 is 0. The molecule has 0 saturated heterocycles. The van der Waals surface area contributed by atoms with Crippen molar-refractivity contribution in [3.8, 4) is 0 Å². The minimum atomic E-state index is -0.833. The van der Waals surface area contributed by atoms with Crippen LogP contribution in [0.3, 0.4) is 0 Å². The molecule has 0 aliphatic rings. The molecule has 8 nitrogen and oxygen atoms in total. The van der Waals surface area contributed by atoms with Crippen molar-refractivity contribution < 1.29 is 29.7 Å². The van der Waals surface area contributed by atoms with Gasteiger partial charge < -0.3 is 25.6 Å². The molecule has 9 heteroatoms. The summed E-state index contributed by atoms with van der Waals surface area (Å²) in [6.07, 6.45) is 1.25. The normalized spacial score (nSPS) is 8.10. The van der Waals surface area contributed by atoms with E-state index in [1.165, 1.54) is 13.0 Å². The van der Waals surface area contributed by atoms with Crippen LogP contribution in [0.1, 0.15) is 34.1 Å². The molecular weight excluding hydrogens is 284 g/mol. The van der Waals surface area contributed by atoms with E-state index in [1.54, 1.807) is 0 Å². The van der Waals surface area contributed by atoms with Gasteiger partial charge in [-0.2, -0.15) is 0 Å². The van der Waals surface area contributed by atoms with Crippen molar-refractivity contribution in [2.24, 2.45) is 5.73 Å². The first-order valence-corrected chi connectivity index (χ1v) is 6.87. The number of hydrogen-bond acceptors (Lipinski definition) is 5. The van der Waals surface area contributed by atoms with Crippen LogP contribution in [0.5, 0.6) is 0 Å². The molecule has 122 valence electrons. The monoisotopic (exact) mass is 312 g/mol. The zero-order valence-corrected chi connectivity index (χ0v) is 14.9. The first-order valence-electron chi connectivity index (χ1n) is 5.98. The number of aliphatic carboxylic acids is 3. The highest BCUT2D eigenvalue weighted by atomic mass is 28.2. The van der Waals surface area contributed by atoms with Gasteiger partial charge in [0.25, 0.3) is 17.9 Å². The predicted molar refractivity (Wildman–Crippen MR) is 80.8 cm³/mol. The van der Waals surface area contributed by atoms with Gasteiger partial charge in [-0.1, -0.05) is 6.92 Å². The Morgan fingerprint density at radius 2 is 1.20 bits per heavy atom. The molecule has 20 heavy (non-hydrogen) atoms. The van der Waals surface area contributed by atoms with Crippen molar-refractivity contribution in [1.82, 2.24) is 4.57 Å². The zero-order chi connectivity index (χ0) is 17.1. The number of rotatable bonds is 4. The van der Waals surface area contributed by atoms with Crippen molar-refractivity contribution in [3.05, 3.63) is 0 Å². The highest BCUT2D eigenvalue weighted by molar-refractivity contribution is 6.04. The van der Waals surface area contributed by atoms with E-state index < -0.39 is 17.9 Å². The standard InChI is InChI=1S/C5H16N2Si.3C2H4O2/c1-2-4-7(8)5-3-6;3*1-2(3)4/h2-6H2,1,8H3;3*1H3,(H,3,4). The second-order valence-electron chi connectivity index (χ2n) is 3.65. The summed E-state index contributed by atoms with van der Waals surface area (Å²) in [6, 6.07) is 0. The fourth-order valence-corrected chi connectivity index (χ4v) is 1.42. The van der Waals surface area contributed by atoms with E-state index in [9.17, 15) is 0 Å². The van der Waals surface area contributed by atoms with Crippen molar-refractivity contribution in [2.45, 2.75) is 34.1 Å². The van der Waals surface area contributed by atoms with Gasteiger partial charge >= 0.3 is 0 Å². The van der Waals surface area contributed by atoms with Crippen molar-refractivity contribution >= 4 is 28.3 Å². The molecule has 0 atom stereocenters. The van der Waals surface area contributed by atoms with E-state index in [1.807, 2.05) is 0 Å². The van der Waals surface area contributed by atoms with Crippen LogP contribution in [0.4, 0.5) is 0 Å². The topological polar surface area (TPSA) is 141 Å². The van der Waals surface area contributed by atoms with Gasteiger partial charge in [0.2, 0.25) is 0 Å². The fraction of sp³-hybridized carbons (Fsp3) is 0.727. The van der Waals surface area contributed by atoms with Crippen LogP contribution in [-0.2, 0) is 14.4 Å². The third-order valence-corrected chi connectivity index (χ3v) is 2.01. The van der Waals surface area contributed by atoms with Crippen LogP contribution in [0.15, 0.2) is 0 Å². The van der Waals surface area contributed by atoms with Crippen LogP contribution < -0.4 is 5.73 Å². The van der Waals surface area contributed by atoms with E-state index in [0.29, 0.717) is 0 Å². The zero-order valence-electron chi connectivity index (χ0n) is 12.9. The molecule has 0 heterocycles. The van der Waals surface area contributed by atoms with E-state index in [0.717, 1.165) is 44.3 Å². The van der Waals surface area contributed by atoms with Crippen molar-refractivity contribution in [1.29, 1.82) is 0 Å². The first kappa shape index (κ1) is 27.0. The number of carboxylic acids is 3. The van der Waals surface area contributed by atoms with Gasteiger partial charge in [-0.05, 0) is 13.0 Å². The molecule has 0 amide bonds. The van der Waals surface area contributed by atoms with Crippen LogP contribution in [0.25, 0.3) is 0 Å². The smallest absolute Gasteiger partial charge is 0.300 e. The Morgan fingerprint density at radius 3 is 1.35 bits per heavy atom. The molecule has 0 aliphatic carbocycles. The average Bonchev–Trinajstić information content (AvgIpc) is 2.15. The predicted octanol–water partition coefficient (Wildman–Crippen LogP) is -0.790. The molecule has 0 saturated carbocycles. The van der Waals surface area contributed by atoms with Crippen molar-refractivity contribution in [2.75, 3.05) is 19.6 Å². The van der Waals surface area contributed by atoms with E-state index in [4.69, 9.17) is 35.4 Å². The second kappa shape index (κ2) is 22.7. The molecule has 0 spiro atoms. The highest BCUT2D eigenvalue weighted by Crippen LogP contribution is 1.81. The molecule has 0 aliphatic heterocycles. The molecule has 0 aromatic rings. The molecule has 0 radical (unpaired) electrons. The maximum atomic E-state index is 9.00. The minimum absolute atomic E-state index is 0.809. The van der Waals surface area contributed by atoms with Gasteiger partial charge in [-0.15, -0.1) is 0 Å². The fourth-order valence-electron chi connectivity index (χ4n) is 0.714. The molecule has 0 aromatic heterocycles. The van der Waals surface area contributed by atoms with Gasteiger partial charge in [0.15, 0.2) is 0 Å². The largest absolute Gasteiger partial charge is 0.481 e. The van der Waals surface area contributed by atoms with Gasteiger partial charge in [-0.25, -0.2) is 0 Å². The highest BCUT2D eigenvalue weighted by Gasteiger charge is 1.90. The summed E-state index contributed by atoms with van der Waals surface area (Å²) in [5.74, 6) is -2.50. The first-order chi connectivity index (χ1) is 9.00. The third-order valence-electron chi connectivity index (χ3n) is 1.12. The summed E-state index contributed by atoms with van der Waals surface area (Å²) in [5, 5.41) is 22.2. The van der Waals surface area contributed by atoms with Crippen LogP contribution in [0, 0.1) is 0 Å². The Morgan fingerprint density at radius 1 is 0.950 bits per heavy atom. The van der Waals surface area contributed by atoms with Crippen LogP contribution in [-0.4, -0.2) is 67.8 Å². The number of carbonyl (C=O) groups is 3. The third kappa shape index (κ3) is 193. The Hall–Kier alpha value is -1.45. The Labute approximate surface area is 123 Å². The second-order valence-corrected chi connectivity index (χ2v) is 4.91. The maximum Gasteiger partial charge on any atom is 0.300 e. The number of carboxylic acid groups (broad SMARTS) is 3. The van der Waals surface area contributed by atoms with Gasteiger partial charge in [0, 0.05) is 33.9 Å². The van der Waals surface area contributed by atoms with Gasteiger partial charge in [-0.3, -0.25) is 14.4 Å². The number of nitrogens with zero attached hydrogens (tertiary/aromatic N) is 1. The summed E-state index contributed by atoms with van der Waals surface area (Å²) in [5.41, 5.74) is 5.34. The van der Waals surface area contributed by atoms with E-state index in [-0.39, 0.29) is 0 Å². The lowest BCUT2D eigenvalue weighted by Crippen LogP contribution is -2.27. The summed E-state index contributed by atoms with van der Waals surface area (Å²) in [7, 11) is 1.16. The molecule has 0 fully saturated rings. The van der Waals surface area contributed by atoms with Gasteiger partial charge in [0.05, 0.1) is 10.4 Å².